The van der Waals surface area contributed by atoms with Crippen LogP contribution in [0.1, 0.15) is 16.9 Å². The SMILES string of the molecule is COc1ccc(-n2c(=S)[nH]c3c4c(sc3c2=O)CCC4)cc1. The van der Waals surface area contributed by atoms with Gasteiger partial charge in [-0.1, -0.05) is 0 Å². The van der Waals surface area contributed by atoms with E-state index in [0.717, 1.165) is 34.5 Å². The van der Waals surface area contributed by atoms with E-state index in [2.05, 4.69) is 4.98 Å². The summed E-state index contributed by atoms with van der Waals surface area (Å²) in [5, 5.41) is 0. The first kappa shape index (κ1) is 13.7. The Balaban J connectivity index is 1.98. The number of ether oxygens (including phenoxy) is 1. The van der Waals surface area contributed by atoms with Crippen molar-refractivity contribution in [2.45, 2.75) is 19.3 Å². The highest BCUT2D eigenvalue weighted by Gasteiger charge is 2.21. The zero-order valence-corrected chi connectivity index (χ0v) is 13.6. The van der Waals surface area contributed by atoms with Gasteiger partial charge in [0, 0.05) is 4.88 Å². The maximum atomic E-state index is 12.9. The summed E-state index contributed by atoms with van der Waals surface area (Å²) >= 11 is 7.03. The van der Waals surface area contributed by atoms with Crippen LogP contribution in [-0.4, -0.2) is 16.7 Å². The van der Waals surface area contributed by atoms with Crippen LogP contribution in [0.2, 0.25) is 0 Å². The summed E-state index contributed by atoms with van der Waals surface area (Å²) in [6.07, 6.45) is 3.27. The van der Waals surface area contributed by atoms with Gasteiger partial charge in [0.1, 0.15) is 10.4 Å². The average molecular weight is 330 g/mol. The lowest BCUT2D eigenvalue weighted by atomic mass is 10.2. The Hall–Kier alpha value is -1.92. The van der Waals surface area contributed by atoms with Crippen molar-refractivity contribution < 1.29 is 4.74 Å². The lowest BCUT2D eigenvalue weighted by molar-refractivity contribution is 0.414. The van der Waals surface area contributed by atoms with Crippen molar-refractivity contribution in [3.8, 4) is 11.4 Å². The van der Waals surface area contributed by atoms with E-state index < -0.39 is 0 Å². The minimum Gasteiger partial charge on any atom is -0.497 e. The molecule has 0 atom stereocenters. The summed E-state index contributed by atoms with van der Waals surface area (Å²) in [5.41, 5.74) is 2.94. The van der Waals surface area contributed by atoms with Crippen molar-refractivity contribution in [3.05, 3.63) is 49.8 Å². The standard InChI is InChI=1S/C16H14N2O2S2/c1-20-10-7-5-9(6-8-10)18-15(19)14-13(17-16(18)21)11-3-2-4-12(11)22-14/h5-8H,2-4H2,1H3,(H,17,21). The minimum atomic E-state index is -0.0386. The molecule has 0 amide bonds. The number of aromatic nitrogens is 2. The number of hydrogen-bond donors (Lipinski definition) is 1. The van der Waals surface area contributed by atoms with Crippen LogP contribution in [-0.2, 0) is 12.8 Å². The molecule has 22 heavy (non-hydrogen) atoms. The second-order valence-corrected chi connectivity index (χ2v) is 6.82. The number of rotatable bonds is 2. The number of nitrogens with zero attached hydrogens (tertiary/aromatic N) is 1. The summed E-state index contributed by atoms with van der Waals surface area (Å²) < 4.78 is 7.93. The van der Waals surface area contributed by atoms with Gasteiger partial charge in [-0.2, -0.15) is 0 Å². The first-order valence-corrected chi connectivity index (χ1v) is 8.35. The van der Waals surface area contributed by atoms with Crippen LogP contribution in [0.4, 0.5) is 0 Å². The smallest absolute Gasteiger partial charge is 0.276 e. The van der Waals surface area contributed by atoms with Gasteiger partial charge in [0.15, 0.2) is 4.77 Å². The van der Waals surface area contributed by atoms with Gasteiger partial charge in [0.2, 0.25) is 0 Å². The van der Waals surface area contributed by atoms with Gasteiger partial charge in [-0.05, 0) is 61.3 Å². The number of H-pyrrole nitrogens is 1. The average Bonchev–Trinajstić information content (AvgIpc) is 3.10. The number of nitrogens with one attached hydrogen (secondary N) is 1. The molecule has 4 rings (SSSR count). The topological polar surface area (TPSA) is 47.0 Å². The Bertz CT molecular complexity index is 980. The fraction of sp³-hybridized carbons (Fsp3) is 0.250. The quantitative estimate of drug-likeness (QED) is 0.730. The molecular weight excluding hydrogens is 316 g/mol. The monoisotopic (exact) mass is 330 g/mol. The number of hydrogen-bond acceptors (Lipinski definition) is 4. The van der Waals surface area contributed by atoms with E-state index in [-0.39, 0.29) is 5.56 Å². The van der Waals surface area contributed by atoms with Gasteiger partial charge in [-0.3, -0.25) is 9.36 Å². The normalized spacial score (nSPS) is 13.5. The Morgan fingerprint density at radius 3 is 2.77 bits per heavy atom. The van der Waals surface area contributed by atoms with E-state index >= 15 is 0 Å². The molecule has 0 saturated carbocycles. The third-order valence-corrected chi connectivity index (χ3v) is 5.65. The Labute approximate surface area is 136 Å². The van der Waals surface area contributed by atoms with Crippen LogP contribution in [0, 0.1) is 4.77 Å². The van der Waals surface area contributed by atoms with Crippen LogP contribution in [0.3, 0.4) is 0 Å². The summed E-state index contributed by atoms with van der Waals surface area (Å²) in [7, 11) is 1.62. The third-order valence-electron chi connectivity index (χ3n) is 4.08. The number of aryl methyl sites for hydroxylation is 2. The van der Waals surface area contributed by atoms with E-state index in [1.807, 2.05) is 24.3 Å². The molecule has 2 aromatic heterocycles. The second-order valence-electron chi connectivity index (χ2n) is 5.33. The molecule has 0 fully saturated rings. The lowest BCUT2D eigenvalue weighted by Gasteiger charge is -2.08. The van der Waals surface area contributed by atoms with Crippen molar-refractivity contribution in [1.82, 2.24) is 9.55 Å². The molecule has 1 N–H and O–H groups in total. The maximum Gasteiger partial charge on any atom is 0.276 e. The molecule has 4 nitrogen and oxygen atoms in total. The van der Waals surface area contributed by atoms with Crippen molar-refractivity contribution in [1.29, 1.82) is 0 Å². The highest BCUT2D eigenvalue weighted by Crippen LogP contribution is 2.34. The van der Waals surface area contributed by atoms with Crippen LogP contribution < -0.4 is 10.3 Å². The van der Waals surface area contributed by atoms with E-state index in [4.69, 9.17) is 17.0 Å². The van der Waals surface area contributed by atoms with Crippen LogP contribution >= 0.6 is 23.6 Å². The Kier molecular flexibility index (Phi) is 3.16. The van der Waals surface area contributed by atoms with Gasteiger partial charge in [-0.25, -0.2) is 0 Å². The fourth-order valence-corrected chi connectivity index (χ4v) is 4.57. The second kappa shape index (κ2) is 5.07. The Morgan fingerprint density at radius 1 is 1.27 bits per heavy atom. The number of thiophene rings is 1. The summed E-state index contributed by atoms with van der Waals surface area (Å²) in [5.74, 6) is 0.753. The molecule has 0 aliphatic heterocycles. The molecule has 0 unspecified atom stereocenters. The molecule has 1 aromatic carbocycles. The molecule has 2 heterocycles. The summed E-state index contributed by atoms with van der Waals surface area (Å²) in [6, 6.07) is 7.35. The molecule has 0 bridgehead atoms. The lowest BCUT2D eigenvalue weighted by Crippen LogP contribution is -2.19. The molecular formula is C16H14N2O2S2. The molecule has 1 aliphatic rings. The summed E-state index contributed by atoms with van der Waals surface area (Å²) in [4.78, 5) is 17.5. The number of aromatic amines is 1. The van der Waals surface area contributed by atoms with Gasteiger partial charge < -0.3 is 9.72 Å². The molecule has 6 heteroatoms. The maximum absolute atomic E-state index is 12.9. The van der Waals surface area contributed by atoms with Crippen molar-refractivity contribution in [2.75, 3.05) is 7.11 Å². The van der Waals surface area contributed by atoms with Crippen LogP contribution in [0.15, 0.2) is 29.1 Å². The predicted molar refractivity (Wildman–Crippen MR) is 91.2 cm³/mol. The fourth-order valence-electron chi connectivity index (χ4n) is 3.01. The highest BCUT2D eigenvalue weighted by molar-refractivity contribution is 7.71. The zero-order chi connectivity index (χ0) is 15.3. The third kappa shape index (κ3) is 1.94. The van der Waals surface area contributed by atoms with E-state index in [9.17, 15) is 4.79 Å². The molecule has 1 aliphatic carbocycles. The Morgan fingerprint density at radius 2 is 2.05 bits per heavy atom. The van der Waals surface area contributed by atoms with Crippen molar-refractivity contribution >= 4 is 33.8 Å². The van der Waals surface area contributed by atoms with Crippen LogP contribution in [0.25, 0.3) is 15.9 Å². The minimum absolute atomic E-state index is 0.0386. The highest BCUT2D eigenvalue weighted by atomic mass is 32.1. The van der Waals surface area contributed by atoms with Gasteiger partial charge in [0.25, 0.3) is 5.56 Å². The number of fused-ring (bicyclic) bond motifs is 3. The van der Waals surface area contributed by atoms with Gasteiger partial charge in [-0.15, -0.1) is 11.3 Å². The zero-order valence-electron chi connectivity index (χ0n) is 12.0. The predicted octanol–water partition coefficient (Wildman–Crippen LogP) is 3.61. The number of methoxy groups -OCH3 is 1. The van der Waals surface area contributed by atoms with Crippen molar-refractivity contribution in [2.24, 2.45) is 0 Å². The summed E-state index contributed by atoms with van der Waals surface area (Å²) in [6.45, 7) is 0. The largest absolute Gasteiger partial charge is 0.497 e. The molecule has 112 valence electrons. The van der Waals surface area contributed by atoms with Gasteiger partial charge in [0.05, 0.1) is 18.3 Å². The van der Waals surface area contributed by atoms with E-state index in [1.165, 1.54) is 16.9 Å². The first-order chi connectivity index (χ1) is 10.7. The molecule has 0 spiro atoms. The van der Waals surface area contributed by atoms with E-state index in [0.29, 0.717) is 4.77 Å². The number of benzene rings is 1. The van der Waals surface area contributed by atoms with Crippen LogP contribution in [0.5, 0.6) is 5.75 Å². The van der Waals surface area contributed by atoms with Gasteiger partial charge >= 0.3 is 0 Å². The van der Waals surface area contributed by atoms with Crippen molar-refractivity contribution in [3.63, 3.8) is 0 Å². The first-order valence-electron chi connectivity index (χ1n) is 7.13. The molecule has 0 saturated heterocycles. The van der Waals surface area contributed by atoms with E-state index in [1.54, 1.807) is 23.0 Å². The molecule has 3 aromatic rings. The molecule has 0 radical (unpaired) electrons.